The summed E-state index contributed by atoms with van der Waals surface area (Å²) in [6.45, 7) is 2.43. The van der Waals surface area contributed by atoms with Gasteiger partial charge in [-0.3, -0.25) is 24.6 Å². The molecule has 5 rings (SSSR count). The maximum atomic E-state index is 12.9. The number of likely N-dealkylation sites (tertiary alicyclic amines) is 1. The number of carbonyl (C=O) groups is 3. The number of amides is 3. The molecular formula is C24H25N3O4. The van der Waals surface area contributed by atoms with Crippen LogP contribution in [0.2, 0.25) is 0 Å². The van der Waals surface area contributed by atoms with Crippen LogP contribution in [0.25, 0.3) is 0 Å². The third kappa shape index (κ3) is 3.64. The van der Waals surface area contributed by atoms with Crippen molar-refractivity contribution in [3.05, 3.63) is 70.8 Å². The molecule has 3 amide bonds. The van der Waals surface area contributed by atoms with Gasteiger partial charge in [-0.1, -0.05) is 42.5 Å². The molecule has 3 aliphatic heterocycles. The van der Waals surface area contributed by atoms with Gasteiger partial charge in [0.05, 0.1) is 0 Å². The number of aliphatic hydroxyl groups is 1. The number of fused-ring (bicyclic) bond motifs is 1. The number of imide groups is 1. The highest BCUT2D eigenvalue weighted by molar-refractivity contribution is 6.05. The standard InChI is InChI=1S/C24H25N3O4/c28-21-9-8-20(22(29)25-21)27-14-17-12-18(6-7-19(17)23(27)30)24(31)10-11-26(15-24)13-16-4-2-1-3-5-16/h1-7,12,20,31H,8-11,13-15H2,(H,25,28,29)/t20?,24-/m0/s1. The minimum atomic E-state index is -0.963. The molecule has 31 heavy (non-hydrogen) atoms. The lowest BCUT2D eigenvalue weighted by Gasteiger charge is -2.29. The predicted octanol–water partition coefficient (Wildman–Crippen LogP) is 1.54. The van der Waals surface area contributed by atoms with Crippen molar-refractivity contribution in [2.45, 2.75) is 44.0 Å². The molecule has 0 radical (unpaired) electrons. The van der Waals surface area contributed by atoms with Crippen LogP contribution in [-0.4, -0.2) is 51.8 Å². The Morgan fingerprint density at radius 1 is 1.10 bits per heavy atom. The number of nitrogens with zero attached hydrogens (tertiary/aromatic N) is 2. The fraction of sp³-hybridized carbons (Fsp3) is 0.375. The summed E-state index contributed by atoms with van der Waals surface area (Å²) in [6, 6.07) is 15.1. The second-order valence-corrected chi connectivity index (χ2v) is 8.75. The van der Waals surface area contributed by atoms with E-state index in [0.717, 1.165) is 24.2 Å². The van der Waals surface area contributed by atoms with Crippen molar-refractivity contribution in [3.63, 3.8) is 0 Å². The van der Waals surface area contributed by atoms with Gasteiger partial charge in [-0.15, -0.1) is 0 Å². The Labute approximate surface area is 180 Å². The van der Waals surface area contributed by atoms with E-state index in [0.29, 0.717) is 31.5 Å². The molecule has 0 aromatic heterocycles. The molecule has 3 heterocycles. The topological polar surface area (TPSA) is 90.0 Å². The highest BCUT2D eigenvalue weighted by Gasteiger charge is 2.41. The molecule has 7 nitrogen and oxygen atoms in total. The largest absolute Gasteiger partial charge is 0.384 e. The van der Waals surface area contributed by atoms with Crippen LogP contribution >= 0.6 is 0 Å². The third-order valence-electron chi connectivity index (χ3n) is 6.64. The van der Waals surface area contributed by atoms with E-state index in [1.807, 2.05) is 30.3 Å². The van der Waals surface area contributed by atoms with Crippen LogP contribution in [0.15, 0.2) is 48.5 Å². The van der Waals surface area contributed by atoms with E-state index in [4.69, 9.17) is 0 Å². The normalized spacial score (nSPS) is 26.3. The Balaban J connectivity index is 1.32. The smallest absolute Gasteiger partial charge is 0.255 e. The Morgan fingerprint density at radius 2 is 1.90 bits per heavy atom. The first-order valence-electron chi connectivity index (χ1n) is 10.7. The minimum Gasteiger partial charge on any atom is -0.384 e. The number of hydrogen-bond acceptors (Lipinski definition) is 5. The van der Waals surface area contributed by atoms with E-state index in [1.54, 1.807) is 6.07 Å². The average molecular weight is 419 g/mol. The van der Waals surface area contributed by atoms with Crippen molar-refractivity contribution in [2.75, 3.05) is 13.1 Å². The molecule has 7 heteroatoms. The number of benzene rings is 2. The summed E-state index contributed by atoms with van der Waals surface area (Å²) in [4.78, 5) is 40.3. The summed E-state index contributed by atoms with van der Waals surface area (Å²) >= 11 is 0. The average Bonchev–Trinajstić information content (AvgIpc) is 3.29. The first kappa shape index (κ1) is 19.9. The molecule has 0 spiro atoms. The maximum absolute atomic E-state index is 12.9. The summed E-state index contributed by atoms with van der Waals surface area (Å²) < 4.78 is 0. The van der Waals surface area contributed by atoms with Crippen LogP contribution in [-0.2, 0) is 28.3 Å². The summed E-state index contributed by atoms with van der Waals surface area (Å²) in [5.74, 6) is -0.903. The highest BCUT2D eigenvalue weighted by atomic mass is 16.3. The van der Waals surface area contributed by atoms with Crippen molar-refractivity contribution >= 4 is 17.7 Å². The maximum Gasteiger partial charge on any atom is 0.255 e. The zero-order chi connectivity index (χ0) is 21.6. The van der Waals surface area contributed by atoms with Gasteiger partial charge in [0.1, 0.15) is 11.6 Å². The molecule has 2 fully saturated rings. The molecule has 3 aliphatic rings. The van der Waals surface area contributed by atoms with Crippen molar-refractivity contribution in [1.82, 2.24) is 15.1 Å². The highest BCUT2D eigenvalue weighted by Crippen LogP contribution is 2.36. The van der Waals surface area contributed by atoms with Crippen LogP contribution in [0, 0.1) is 0 Å². The minimum absolute atomic E-state index is 0.194. The lowest BCUT2D eigenvalue weighted by molar-refractivity contribution is -0.136. The van der Waals surface area contributed by atoms with Gasteiger partial charge in [-0.2, -0.15) is 0 Å². The summed E-state index contributed by atoms with van der Waals surface area (Å²) in [7, 11) is 0. The summed E-state index contributed by atoms with van der Waals surface area (Å²) in [5.41, 5.74) is 2.44. The van der Waals surface area contributed by atoms with Crippen LogP contribution in [0.4, 0.5) is 0 Å². The number of hydrogen-bond donors (Lipinski definition) is 2. The van der Waals surface area contributed by atoms with Gasteiger partial charge in [0.25, 0.3) is 5.91 Å². The fourth-order valence-electron chi connectivity index (χ4n) is 4.95. The molecule has 2 saturated heterocycles. The molecule has 2 N–H and O–H groups in total. The van der Waals surface area contributed by atoms with E-state index in [9.17, 15) is 19.5 Å². The number of carbonyl (C=O) groups excluding carboxylic acids is 3. The molecule has 2 aromatic carbocycles. The zero-order valence-electron chi connectivity index (χ0n) is 17.2. The van der Waals surface area contributed by atoms with Crippen molar-refractivity contribution in [3.8, 4) is 0 Å². The molecule has 0 saturated carbocycles. The quantitative estimate of drug-likeness (QED) is 0.734. The van der Waals surface area contributed by atoms with Gasteiger partial charge >= 0.3 is 0 Å². The van der Waals surface area contributed by atoms with E-state index in [2.05, 4.69) is 22.3 Å². The summed E-state index contributed by atoms with van der Waals surface area (Å²) in [5, 5.41) is 13.7. The lowest BCUT2D eigenvalue weighted by atomic mass is 9.90. The second kappa shape index (κ2) is 7.59. The Kier molecular flexibility index (Phi) is 4.87. The van der Waals surface area contributed by atoms with E-state index < -0.39 is 17.6 Å². The number of rotatable bonds is 4. The SMILES string of the molecule is O=C1CCC(N2Cc3cc([C@]4(O)CCN(Cc5ccccc5)C4)ccc3C2=O)C(=O)N1. The number of β-amino-alcohol motifs (C(OH)–C–C–N with tert-alkyl or cyclic N) is 1. The predicted molar refractivity (Wildman–Crippen MR) is 113 cm³/mol. The van der Waals surface area contributed by atoms with E-state index in [-0.39, 0.29) is 18.2 Å². The van der Waals surface area contributed by atoms with E-state index in [1.165, 1.54) is 10.5 Å². The van der Waals surface area contributed by atoms with Gasteiger partial charge in [0.2, 0.25) is 11.8 Å². The molecule has 2 atom stereocenters. The molecular weight excluding hydrogens is 394 g/mol. The number of piperidine rings is 1. The van der Waals surface area contributed by atoms with Crippen molar-refractivity contribution < 1.29 is 19.5 Å². The van der Waals surface area contributed by atoms with Crippen LogP contribution in [0.5, 0.6) is 0 Å². The number of nitrogens with one attached hydrogen (secondary N) is 1. The Hall–Kier alpha value is -3.03. The first-order chi connectivity index (χ1) is 14.9. The first-order valence-corrected chi connectivity index (χ1v) is 10.7. The molecule has 0 bridgehead atoms. The van der Waals surface area contributed by atoms with Gasteiger partial charge in [-0.25, -0.2) is 0 Å². The van der Waals surface area contributed by atoms with Crippen molar-refractivity contribution in [2.24, 2.45) is 0 Å². The van der Waals surface area contributed by atoms with Crippen LogP contribution < -0.4 is 5.32 Å². The zero-order valence-corrected chi connectivity index (χ0v) is 17.2. The van der Waals surface area contributed by atoms with Gasteiger partial charge in [0.15, 0.2) is 0 Å². The summed E-state index contributed by atoms with van der Waals surface area (Å²) in [6.07, 6.45) is 1.21. The van der Waals surface area contributed by atoms with Gasteiger partial charge in [-0.05, 0) is 35.6 Å². The van der Waals surface area contributed by atoms with E-state index >= 15 is 0 Å². The molecule has 2 aromatic rings. The van der Waals surface area contributed by atoms with Crippen molar-refractivity contribution in [1.29, 1.82) is 0 Å². The van der Waals surface area contributed by atoms with Gasteiger partial charge < -0.3 is 10.0 Å². The second-order valence-electron chi connectivity index (χ2n) is 8.75. The Bertz CT molecular complexity index is 1050. The third-order valence-corrected chi connectivity index (χ3v) is 6.64. The molecule has 0 aliphatic carbocycles. The monoisotopic (exact) mass is 419 g/mol. The van der Waals surface area contributed by atoms with Crippen LogP contribution in [0.1, 0.15) is 46.3 Å². The van der Waals surface area contributed by atoms with Gasteiger partial charge in [0, 0.05) is 38.2 Å². The van der Waals surface area contributed by atoms with Crippen LogP contribution in [0.3, 0.4) is 0 Å². The molecule has 160 valence electrons. The fourth-order valence-corrected chi connectivity index (χ4v) is 4.95. The lowest BCUT2D eigenvalue weighted by Crippen LogP contribution is -2.52. The molecule has 1 unspecified atom stereocenters. The Morgan fingerprint density at radius 3 is 2.68 bits per heavy atom.